The van der Waals surface area contributed by atoms with Crippen molar-refractivity contribution in [2.75, 3.05) is 6.61 Å². The van der Waals surface area contributed by atoms with Gasteiger partial charge in [0.2, 0.25) is 0 Å². The van der Waals surface area contributed by atoms with Crippen molar-refractivity contribution in [3.63, 3.8) is 0 Å². The fourth-order valence-electron chi connectivity index (χ4n) is 3.01. The second-order valence-corrected chi connectivity index (χ2v) is 9.40. The summed E-state index contributed by atoms with van der Waals surface area (Å²) in [6, 6.07) is 20.7. The molecular weight excluding hydrogens is 524 g/mol. The summed E-state index contributed by atoms with van der Waals surface area (Å²) in [5.74, 6) is 1.08. The molecule has 1 fully saturated rings. The van der Waals surface area contributed by atoms with Crippen molar-refractivity contribution < 1.29 is 14.3 Å². The molecule has 4 rings (SSSR count). The third-order valence-corrected chi connectivity index (χ3v) is 6.27. The maximum absolute atomic E-state index is 12.4. The number of carbonyl (C=O) groups is 1. The molecular formula is C25H20BrClN2O3S. The Morgan fingerprint density at radius 1 is 1.03 bits per heavy atom. The molecule has 1 amide bonds. The summed E-state index contributed by atoms with van der Waals surface area (Å²) in [6.45, 7) is 2.85. The van der Waals surface area contributed by atoms with E-state index >= 15 is 0 Å². The zero-order chi connectivity index (χ0) is 23.2. The van der Waals surface area contributed by atoms with Gasteiger partial charge in [-0.1, -0.05) is 45.7 Å². The van der Waals surface area contributed by atoms with Gasteiger partial charge in [0, 0.05) is 9.50 Å². The number of rotatable bonds is 7. The molecule has 168 valence electrons. The van der Waals surface area contributed by atoms with Crippen LogP contribution in [0.25, 0.3) is 6.08 Å². The van der Waals surface area contributed by atoms with Crippen LogP contribution in [0.4, 0.5) is 5.69 Å². The average Bonchev–Trinajstić information content (AvgIpc) is 3.14. The molecule has 3 aromatic carbocycles. The third-order valence-electron chi connectivity index (χ3n) is 4.58. The van der Waals surface area contributed by atoms with Gasteiger partial charge >= 0.3 is 0 Å². The number of nitrogens with one attached hydrogen (secondary N) is 1. The van der Waals surface area contributed by atoms with Gasteiger partial charge in [-0.25, -0.2) is 4.99 Å². The normalized spacial score (nSPS) is 15.7. The Kier molecular flexibility index (Phi) is 7.75. The van der Waals surface area contributed by atoms with Crippen LogP contribution in [0.15, 0.2) is 81.1 Å². The van der Waals surface area contributed by atoms with Gasteiger partial charge in [0.15, 0.2) is 16.7 Å². The first-order chi connectivity index (χ1) is 16.0. The Bertz CT molecular complexity index is 1210. The van der Waals surface area contributed by atoms with E-state index < -0.39 is 0 Å². The van der Waals surface area contributed by atoms with Gasteiger partial charge in [-0.3, -0.25) is 4.79 Å². The number of hydrogen-bond acceptors (Lipinski definition) is 5. The highest BCUT2D eigenvalue weighted by Gasteiger charge is 2.24. The number of amidine groups is 1. The molecule has 0 saturated carbocycles. The Labute approximate surface area is 210 Å². The van der Waals surface area contributed by atoms with Crippen LogP contribution >= 0.6 is 39.3 Å². The van der Waals surface area contributed by atoms with E-state index in [4.69, 9.17) is 21.1 Å². The van der Waals surface area contributed by atoms with Crippen molar-refractivity contribution in [3.8, 4) is 11.5 Å². The van der Waals surface area contributed by atoms with E-state index in [2.05, 4.69) is 26.2 Å². The number of benzene rings is 3. The predicted octanol–water partition coefficient (Wildman–Crippen LogP) is 6.97. The number of ether oxygens (including phenoxy) is 2. The number of thioether (sulfide) groups is 1. The van der Waals surface area contributed by atoms with Gasteiger partial charge < -0.3 is 14.8 Å². The third kappa shape index (κ3) is 6.41. The molecule has 0 radical (unpaired) electrons. The number of hydrogen-bond donors (Lipinski definition) is 1. The van der Waals surface area contributed by atoms with Gasteiger partial charge in [-0.2, -0.15) is 0 Å². The Hall–Kier alpha value is -2.74. The van der Waals surface area contributed by atoms with Crippen molar-refractivity contribution in [3.05, 3.63) is 92.3 Å². The van der Waals surface area contributed by atoms with Crippen LogP contribution in [0, 0.1) is 0 Å². The molecule has 33 heavy (non-hydrogen) atoms. The van der Waals surface area contributed by atoms with Crippen LogP contribution in [0.1, 0.15) is 18.1 Å². The highest BCUT2D eigenvalue weighted by Crippen LogP contribution is 2.33. The molecule has 1 aliphatic heterocycles. The molecule has 1 aliphatic rings. The molecule has 0 spiro atoms. The minimum atomic E-state index is -0.193. The van der Waals surface area contributed by atoms with Gasteiger partial charge in [-0.05, 0) is 84.4 Å². The molecule has 0 unspecified atom stereocenters. The van der Waals surface area contributed by atoms with Gasteiger partial charge in [0.25, 0.3) is 5.91 Å². The van der Waals surface area contributed by atoms with E-state index in [1.807, 2.05) is 55.5 Å². The largest absolute Gasteiger partial charge is 0.490 e. The maximum atomic E-state index is 12.4. The van der Waals surface area contributed by atoms with Gasteiger partial charge in [-0.15, -0.1) is 0 Å². The lowest BCUT2D eigenvalue weighted by molar-refractivity contribution is -0.115. The first-order valence-electron chi connectivity index (χ1n) is 10.2. The molecule has 5 nitrogen and oxygen atoms in total. The van der Waals surface area contributed by atoms with Crippen molar-refractivity contribution in [1.82, 2.24) is 5.32 Å². The fraction of sp³-hybridized carbons (Fsp3) is 0.120. The topological polar surface area (TPSA) is 59.9 Å². The first kappa shape index (κ1) is 23.4. The summed E-state index contributed by atoms with van der Waals surface area (Å²) in [7, 11) is 0. The average molecular weight is 544 g/mol. The van der Waals surface area contributed by atoms with Crippen LogP contribution in [-0.2, 0) is 11.4 Å². The number of aliphatic imine (C=N–C) groups is 1. The standard InChI is InChI=1S/C25H20BrClN2O3S/c1-2-31-22-13-17(5-12-21(22)32-15-16-3-6-18(26)7-4-16)14-23-24(30)29-25(33-23)28-20-10-8-19(27)9-11-20/h3-14H,2,15H2,1H3,(H,28,29,30)/b23-14-. The second-order valence-electron chi connectivity index (χ2n) is 7.01. The van der Waals surface area contributed by atoms with E-state index in [0.717, 1.165) is 15.6 Å². The summed E-state index contributed by atoms with van der Waals surface area (Å²) >= 11 is 10.6. The van der Waals surface area contributed by atoms with Gasteiger partial charge in [0.05, 0.1) is 17.2 Å². The molecule has 1 heterocycles. The van der Waals surface area contributed by atoms with E-state index in [1.165, 1.54) is 11.8 Å². The Morgan fingerprint density at radius 2 is 1.79 bits per heavy atom. The lowest BCUT2D eigenvalue weighted by atomic mass is 10.2. The van der Waals surface area contributed by atoms with Crippen LogP contribution in [0.5, 0.6) is 11.5 Å². The van der Waals surface area contributed by atoms with Crippen molar-refractivity contribution in [2.24, 2.45) is 4.99 Å². The van der Waals surface area contributed by atoms with Crippen LogP contribution in [0.3, 0.4) is 0 Å². The zero-order valence-electron chi connectivity index (χ0n) is 17.7. The molecule has 1 saturated heterocycles. The van der Waals surface area contributed by atoms with Crippen LogP contribution in [-0.4, -0.2) is 17.7 Å². The SMILES string of the molecule is CCOc1cc(/C=C2\SC(=Nc3ccc(Cl)cc3)NC2=O)ccc1OCc1ccc(Br)cc1. The van der Waals surface area contributed by atoms with Crippen LogP contribution in [0.2, 0.25) is 5.02 Å². The van der Waals surface area contributed by atoms with Crippen molar-refractivity contribution >= 4 is 62.1 Å². The minimum absolute atomic E-state index is 0.193. The molecule has 0 bridgehead atoms. The summed E-state index contributed by atoms with van der Waals surface area (Å²) in [5.41, 5.74) is 2.60. The summed E-state index contributed by atoms with van der Waals surface area (Å²) < 4.78 is 12.8. The molecule has 1 N–H and O–H groups in total. The van der Waals surface area contributed by atoms with Crippen molar-refractivity contribution in [2.45, 2.75) is 13.5 Å². The predicted molar refractivity (Wildman–Crippen MR) is 138 cm³/mol. The number of halogens is 2. The monoisotopic (exact) mass is 542 g/mol. The smallest absolute Gasteiger partial charge is 0.264 e. The van der Waals surface area contributed by atoms with E-state index in [1.54, 1.807) is 24.3 Å². The highest BCUT2D eigenvalue weighted by molar-refractivity contribution is 9.10. The number of carbonyl (C=O) groups excluding carboxylic acids is 1. The van der Waals surface area contributed by atoms with Gasteiger partial charge in [0.1, 0.15) is 6.61 Å². The molecule has 0 atom stereocenters. The van der Waals surface area contributed by atoms with E-state index in [9.17, 15) is 4.79 Å². The van der Waals surface area contributed by atoms with Crippen LogP contribution < -0.4 is 14.8 Å². The first-order valence-corrected chi connectivity index (χ1v) is 12.2. The summed E-state index contributed by atoms with van der Waals surface area (Å²) in [4.78, 5) is 17.4. The quantitative estimate of drug-likeness (QED) is 0.327. The lowest BCUT2D eigenvalue weighted by Crippen LogP contribution is -2.19. The fourth-order valence-corrected chi connectivity index (χ4v) is 4.24. The lowest BCUT2D eigenvalue weighted by Gasteiger charge is -2.13. The zero-order valence-corrected chi connectivity index (χ0v) is 20.8. The van der Waals surface area contributed by atoms with E-state index in [0.29, 0.717) is 45.5 Å². The molecule has 3 aromatic rings. The summed E-state index contributed by atoms with van der Waals surface area (Å²) in [5, 5.41) is 3.95. The highest BCUT2D eigenvalue weighted by atomic mass is 79.9. The number of nitrogens with zero attached hydrogens (tertiary/aromatic N) is 1. The summed E-state index contributed by atoms with van der Waals surface area (Å²) in [6.07, 6.45) is 1.81. The minimum Gasteiger partial charge on any atom is -0.490 e. The van der Waals surface area contributed by atoms with E-state index in [-0.39, 0.29) is 5.91 Å². The number of amides is 1. The second kappa shape index (κ2) is 10.9. The maximum Gasteiger partial charge on any atom is 0.264 e. The van der Waals surface area contributed by atoms with Crippen molar-refractivity contribution in [1.29, 1.82) is 0 Å². The molecule has 8 heteroatoms. The molecule has 0 aromatic heterocycles. The Balaban J connectivity index is 1.49. The Morgan fingerprint density at radius 3 is 2.52 bits per heavy atom. The molecule has 0 aliphatic carbocycles.